The Balaban J connectivity index is 1.67. The molecule has 2 heterocycles. The molecule has 0 aliphatic rings. The summed E-state index contributed by atoms with van der Waals surface area (Å²) in [6, 6.07) is 17.9. The Kier molecular flexibility index (Phi) is 6.89. The third-order valence-corrected chi connectivity index (χ3v) is 6.16. The third kappa shape index (κ3) is 4.91. The summed E-state index contributed by atoms with van der Waals surface area (Å²) in [6.45, 7) is 2.60. The SMILES string of the molecule is CCOc1ccc(-n2c(SCc3ccc(OC)c(Br)c3)nnc2-c2cccnc2)cc1. The average molecular weight is 497 g/mol. The zero-order valence-corrected chi connectivity index (χ0v) is 19.6. The van der Waals surface area contributed by atoms with E-state index < -0.39 is 0 Å². The van der Waals surface area contributed by atoms with Gasteiger partial charge in [-0.1, -0.05) is 17.8 Å². The quantitative estimate of drug-likeness (QED) is 0.287. The second kappa shape index (κ2) is 9.98. The minimum absolute atomic E-state index is 0.630. The smallest absolute Gasteiger partial charge is 0.196 e. The maximum absolute atomic E-state index is 5.59. The molecular weight excluding hydrogens is 476 g/mol. The van der Waals surface area contributed by atoms with Gasteiger partial charge in [-0.15, -0.1) is 10.2 Å². The minimum atomic E-state index is 0.630. The number of pyridine rings is 1. The van der Waals surface area contributed by atoms with E-state index in [1.165, 1.54) is 0 Å². The van der Waals surface area contributed by atoms with Crippen molar-refractivity contribution in [1.82, 2.24) is 19.7 Å². The number of rotatable bonds is 8. The molecule has 8 heteroatoms. The molecule has 0 spiro atoms. The fourth-order valence-electron chi connectivity index (χ4n) is 3.08. The van der Waals surface area contributed by atoms with E-state index in [2.05, 4.69) is 47.8 Å². The standard InChI is InChI=1S/C23H21BrN4O2S/c1-3-30-19-9-7-18(8-10-19)28-22(17-5-4-12-25-14-17)26-27-23(28)31-15-16-6-11-21(29-2)20(24)13-16/h4-14H,3,15H2,1-2H3. The first kappa shape index (κ1) is 21.4. The molecule has 0 fully saturated rings. The molecule has 0 saturated heterocycles. The van der Waals surface area contributed by atoms with Gasteiger partial charge in [-0.2, -0.15) is 0 Å². The summed E-state index contributed by atoms with van der Waals surface area (Å²) in [4.78, 5) is 4.24. The molecule has 0 saturated carbocycles. The molecule has 4 aromatic rings. The highest BCUT2D eigenvalue weighted by molar-refractivity contribution is 9.10. The van der Waals surface area contributed by atoms with Gasteiger partial charge in [-0.3, -0.25) is 9.55 Å². The van der Waals surface area contributed by atoms with E-state index in [1.807, 2.05) is 49.4 Å². The van der Waals surface area contributed by atoms with Crippen LogP contribution in [-0.4, -0.2) is 33.5 Å². The number of hydrogen-bond acceptors (Lipinski definition) is 6. The lowest BCUT2D eigenvalue weighted by atomic mass is 10.2. The largest absolute Gasteiger partial charge is 0.496 e. The molecule has 4 rings (SSSR count). The van der Waals surface area contributed by atoms with E-state index in [4.69, 9.17) is 9.47 Å². The molecule has 6 nitrogen and oxygen atoms in total. The Hall–Kier alpha value is -2.84. The highest BCUT2D eigenvalue weighted by Gasteiger charge is 2.17. The molecule has 0 bridgehead atoms. The average Bonchev–Trinajstić information content (AvgIpc) is 3.23. The van der Waals surface area contributed by atoms with Crippen molar-refractivity contribution >= 4 is 27.7 Å². The summed E-state index contributed by atoms with van der Waals surface area (Å²) in [5, 5.41) is 9.75. The number of thioether (sulfide) groups is 1. The summed E-state index contributed by atoms with van der Waals surface area (Å²) >= 11 is 5.18. The van der Waals surface area contributed by atoms with Crippen molar-refractivity contribution in [3.8, 4) is 28.6 Å². The van der Waals surface area contributed by atoms with Crippen molar-refractivity contribution in [3.05, 3.63) is 77.0 Å². The van der Waals surface area contributed by atoms with Crippen LogP contribution in [0.25, 0.3) is 17.1 Å². The van der Waals surface area contributed by atoms with Crippen molar-refractivity contribution in [2.45, 2.75) is 17.8 Å². The van der Waals surface area contributed by atoms with Crippen LogP contribution in [0.4, 0.5) is 0 Å². The normalized spacial score (nSPS) is 10.8. The Morgan fingerprint density at radius 2 is 1.90 bits per heavy atom. The van der Waals surface area contributed by atoms with Crippen molar-refractivity contribution in [1.29, 1.82) is 0 Å². The number of halogens is 1. The minimum Gasteiger partial charge on any atom is -0.496 e. The van der Waals surface area contributed by atoms with Gasteiger partial charge >= 0.3 is 0 Å². The third-order valence-electron chi connectivity index (χ3n) is 4.54. The van der Waals surface area contributed by atoms with Crippen molar-refractivity contribution < 1.29 is 9.47 Å². The van der Waals surface area contributed by atoms with Gasteiger partial charge in [0.1, 0.15) is 11.5 Å². The number of nitrogens with zero attached hydrogens (tertiary/aromatic N) is 4. The molecule has 158 valence electrons. The van der Waals surface area contributed by atoms with Crippen LogP contribution in [0.1, 0.15) is 12.5 Å². The van der Waals surface area contributed by atoms with Gasteiger partial charge in [-0.25, -0.2) is 0 Å². The second-order valence-electron chi connectivity index (χ2n) is 6.57. The highest BCUT2D eigenvalue weighted by Crippen LogP contribution is 2.32. The lowest BCUT2D eigenvalue weighted by Gasteiger charge is -2.12. The Morgan fingerprint density at radius 1 is 1.06 bits per heavy atom. The lowest BCUT2D eigenvalue weighted by Crippen LogP contribution is -2.00. The summed E-state index contributed by atoms with van der Waals surface area (Å²) in [5.41, 5.74) is 3.02. The topological polar surface area (TPSA) is 62.1 Å². The van der Waals surface area contributed by atoms with Crippen LogP contribution in [0.3, 0.4) is 0 Å². The number of benzene rings is 2. The summed E-state index contributed by atoms with van der Waals surface area (Å²) in [7, 11) is 1.66. The molecule has 2 aromatic carbocycles. The first-order valence-electron chi connectivity index (χ1n) is 9.74. The molecule has 0 radical (unpaired) electrons. The molecular formula is C23H21BrN4O2S. The van der Waals surface area contributed by atoms with Crippen LogP contribution in [0.2, 0.25) is 0 Å². The summed E-state index contributed by atoms with van der Waals surface area (Å²) < 4.78 is 13.9. The van der Waals surface area contributed by atoms with Crippen molar-refractivity contribution in [3.63, 3.8) is 0 Å². The van der Waals surface area contributed by atoms with Crippen LogP contribution >= 0.6 is 27.7 Å². The van der Waals surface area contributed by atoms with Crippen LogP contribution < -0.4 is 9.47 Å². The first-order chi connectivity index (χ1) is 15.2. The lowest BCUT2D eigenvalue weighted by molar-refractivity contribution is 0.340. The van der Waals surface area contributed by atoms with E-state index >= 15 is 0 Å². The Labute approximate surface area is 193 Å². The number of aromatic nitrogens is 4. The van der Waals surface area contributed by atoms with E-state index in [0.717, 1.165) is 49.5 Å². The van der Waals surface area contributed by atoms with Crippen LogP contribution in [0.5, 0.6) is 11.5 Å². The van der Waals surface area contributed by atoms with Crippen LogP contribution in [0.15, 0.2) is 76.6 Å². The van der Waals surface area contributed by atoms with Crippen LogP contribution in [-0.2, 0) is 5.75 Å². The predicted molar refractivity (Wildman–Crippen MR) is 126 cm³/mol. The molecule has 2 aromatic heterocycles. The molecule has 0 N–H and O–H groups in total. The highest BCUT2D eigenvalue weighted by atomic mass is 79.9. The van der Waals surface area contributed by atoms with E-state index in [0.29, 0.717) is 6.61 Å². The van der Waals surface area contributed by atoms with Crippen molar-refractivity contribution in [2.24, 2.45) is 0 Å². The van der Waals surface area contributed by atoms with E-state index in [1.54, 1.807) is 31.3 Å². The zero-order valence-electron chi connectivity index (χ0n) is 17.2. The second-order valence-corrected chi connectivity index (χ2v) is 8.36. The van der Waals surface area contributed by atoms with Gasteiger partial charge in [-0.05, 0) is 76.9 Å². The number of ether oxygens (including phenoxy) is 2. The fourth-order valence-corrected chi connectivity index (χ4v) is 4.57. The molecule has 31 heavy (non-hydrogen) atoms. The van der Waals surface area contributed by atoms with Gasteiger partial charge in [0.2, 0.25) is 0 Å². The predicted octanol–water partition coefficient (Wildman–Crippen LogP) is 5.79. The fraction of sp³-hybridized carbons (Fsp3) is 0.174. The molecule has 0 aliphatic carbocycles. The van der Waals surface area contributed by atoms with Gasteiger partial charge in [0.15, 0.2) is 11.0 Å². The molecule has 0 unspecified atom stereocenters. The van der Waals surface area contributed by atoms with Crippen LogP contribution in [0, 0.1) is 0 Å². The van der Waals surface area contributed by atoms with Crippen molar-refractivity contribution in [2.75, 3.05) is 13.7 Å². The molecule has 0 aliphatic heterocycles. The van der Waals surface area contributed by atoms with E-state index in [-0.39, 0.29) is 0 Å². The summed E-state index contributed by atoms with van der Waals surface area (Å²) in [6.07, 6.45) is 3.54. The maximum atomic E-state index is 5.59. The monoisotopic (exact) mass is 496 g/mol. The molecule has 0 amide bonds. The molecule has 0 atom stereocenters. The zero-order chi connectivity index (χ0) is 21.6. The summed E-state index contributed by atoms with van der Waals surface area (Å²) in [5.74, 6) is 3.13. The maximum Gasteiger partial charge on any atom is 0.196 e. The first-order valence-corrected chi connectivity index (χ1v) is 11.5. The van der Waals surface area contributed by atoms with E-state index in [9.17, 15) is 0 Å². The Morgan fingerprint density at radius 3 is 2.58 bits per heavy atom. The van der Waals surface area contributed by atoms with Gasteiger partial charge in [0.25, 0.3) is 0 Å². The van der Waals surface area contributed by atoms with Gasteiger partial charge in [0, 0.05) is 29.4 Å². The Bertz CT molecular complexity index is 1150. The van der Waals surface area contributed by atoms with Gasteiger partial charge < -0.3 is 9.47 Å². The van der Waals surface area contributed by atoms with Gasteiger partial charge in [0.05, 0.1) is 18.2 Å². The number of hydrogen-bond donors (Lipinski definition) is 0. The number of methoxy groups -OCH3 is 1.